The van der Waals surface area contributed by atoms with Crippen LogP contribution in [0.15, 0.2) is 24.3 Å². The first-order chi connectivity index (χ1) is 12.7. The molecule has 5 radical (unpaired) electrons. The number of piperazine rings is 1. The van der Waals surface area contributed by atoms with E-state index in [1.807, 2.05) is 23.8 Å². The molecule has 3 aliphatic rings. The number of rotatable bonds is 5. The molecule has 2 amide bonds. The second-order valence-corrected chi connectivity index (χ2v) is 7.33. The molecule has 1 aliphatic carbocycles. The van der Waals surface area contributed by atoms with Crippen LogP contribution in [0, 0.1) is 31.6 Å². The third-order valence-corrected chi connectivity index (χ3v) is 5.64. The van der Waals surface area contributed by atoms with Gasteiger partial charge >= 0.3 is 0 Å². The minimum absolute atomic E-state index is 0.0227. The Hall–Kier alpha value is -1.84. The van der Waals surface area contributed by atoms with Crippen molar-refractivity contribution in [1.82, 2.24) is 9.80 Å². The zero-order valence-electron chi connectivity index (χ0n) is 15.1. The maximum absolute atomic E-state index is 12.6. The number of benzene rings is 1. The summed E-state index contributed by atoms with van der Waals surface area (Å²) >= 11 is 0. The average molecular weight is 349 g/mol. The van der Waals surface area contributed by atoms with Crippen molar-refractivity contribution in [2.75, 3.05) is 19.6 Å². The van der Waals surface area contributed by atoms with Crippen LogP contribution in [0.4, 0.5) is 0 Å². The van der Waals surface area contributed by atoms with Gasteiger partial charge in [-0.05, 0) is 62.0 Å². The fourth-order valence-corrected chi connectivity index (χ4v) is 4.21. The molecule has 2 fully saturated rings. The lowest BCUT2D eigenvalue weighted by Gasteiger charge is -2.44. The second kappa shape index (κ2) is 7.81. The number of hydrogen-bond acceptors (Lipinski definition) is 2. The molecule has 2 heterocycles. The van der Waals surface area contributed by atoms with Gasteiger partial charge in [0.2, 0.25) is 11.8 Å². The van der Waals surface area contributed by atoms with Gasteiger partial charge in [0.25, 0.3) is 0 Å². The Labute approximate surface area is 156 Å². The molecule has 2 aliphatic heterocycles. The molecule has 0 bridgehead atoms. The van der Waals surface area contributed by atoms with E-state index in [1.165, 1.54) is 17.0 Å². The van der Waals surface area contributed by atoms with E-state index < -0.39 is 0 Å². The monoisotopic (exact) mass is 349 g/mol. The Morgan fingerprint density at radius 1 is 1.12 bits per heavy atom. The highest BCUT2D eigenvalue weighted by molar-refractivity contribution is 5.86. The van der Waals surface area contributed by atoms with E-state index in [9.17, 15) is 9.59 Å². The Morgan fingerprint density at radius 3 is 2.77 bits per heavy atom. The smallest absolute Gasteiger partial charge is 0.242 e. The fraction of sp³-hybridized carbons (Fsp3) is 0.409. The van der Waals surface area contributed by atoms with Crippen molar-refractivity contribution >= 4 is 11.8 Å². The maximum Gasteiger partial charge on any atom is 0.242 e. The van der Waals surface area contributed by atoms with E-state index in [2.05, 4.69) is 31.0 Å². The quantitative estimate of drug-likeness (QED) is 0.767. The fourth-order valence-electron chi connectivity index (χ4n) is 4.21. The van der Waals surface area contributed by atoms with Gasteiger partial charge in [0, 0.05) is 19.5 Å². The largest absolute Gasteiger partial charge is 0.332 e. The molecule has 4 nitrogen and oxygen atoms in total. The third-order valence-electron chi connectivity index (χ3n) is 5.64. The van der Waals surface area contributed by atoms with Crippen molar-refractivity contribution in [2.24, 2.45) is 0 Å². The van der Waals surface area contributed by atoms with Crippen molar-refractivity contribution in [3.63, 3.8) is 0 Å². The highest BCUT2D eigenvalue weighted by Gasteiger charge is 2.38. The Bertz CT molecular complexity index is 666. The lowest BCUT2D eigenvalue weighted by atomic mass is 9.90. The predicted octanol–water partition coefficient (Wildman–Crippen LogP) is 2.92. The van der Waals surface area contributed by atoms with E-state index in [0.29, 0.717) is 13.0 Å². The molecule has 1 saturated heterocycles. The number of unbranched alkanes of at least 4 members (excludes halogenated alkanes) is 1. The average Bonchev–Trinajstić information content (AvgIpc) is 3.18. The van der Waals surface area contributed by atoms with Crippen molar-refractivity contribution < 1.29 is 9.59 Å². The molecular formula is C22H25N2O2. The zero-order valence-corrected chi connectivity index (χ0v) is 15.1. The van der Waals surface area contributed by atoms with Gasteiger partial charge in [0.1, 0.15) is 0 Å². The van der Waals surface area contributed by atoms with Gasteiger partial charge in [-0.15, -0.1) is 0 Å². The summed E-state index contributed by atoms with van der Waals surface area (Å²) in [6.45, 7) is 1.63. The Balaban J connectivity index is 1.33. The summed E-state index contributed by atoms with van der Waals surface area (Å²) in [6, 6.07) is 8.34. The molecule has 0 aromatic heterocycles. The minimum Gasteiger partial charge on any atom is -0.332 e. The first-order valence-corrected chi connectivity index (χ1v) is 9.58. The molecular weight excluding hydrogens is 324 g/mol. The van der Waals surface area contributed by atoms with Crippen molar-refractivity contribution in [3.05, 3.63) is 67.0 Å². The standard InChI is InChI=1S/C22H25N2O2/c25-21(12-6-3-9-17-7-1-2-8-17)23-15-20-19-11-5-4-10-18(19)13-14-24(20)22(26)16-23/h1-2,4-5,7-8,10-11,20H,3,6,9,12-16H2. The summed E-state index contributed by atoms with van der Waals surface area (Å²) in [4.78, 5) is 28.9. The van der Waals surface area contributed by atoms with Crippen molar-refractivity contribution in [3.8, 4) is 0 Å². The normalized spacial score (nSPS) is 23.1. The van der Waals surface area contributed by atoms with Crippen molar-refractivity contribution in [2.45, 2.75) is 38.1 Å². The van der Waals surface area contributed by atoms with E-state index in [1.54, 1.807) is 4.90 Å². The van der Waals surface area contributed by atoms with Crippen LogP contribution in [-0.4, -0.2) is 41.2 Å². The van der Waals surface area contributed by atoms with Crippen LogP contribution in [-0.2, 0) is 16.0 Å². The number of carbonyl (C=O) groups excluding carboxylic acids is 2. The zero-order chi connectivity index (χ0) is 17.9. The van der Waals surface area contributed by atoms with Crippen LogP contribution in [0.3, 0.4) is 0 Å². The maximum atomic E-state index is 12.6. The van der Waals surface area contributed by atoms with E-state index in [-0.39, 0.29) is 24.4 Å². The van der Waals surface area contributed by atoms with Gasteiger partial charge in [-0.25, -0.2) is 0 Å². The van der Waals surface area contributed by atoms with Crippen LogP contribution in [0.2, 0.25) is 0 Å². The van der Waals surface area contributed by atoms with Crippen LogP contribution < -0.4 is 0 Å². The van der Waals surface area contributed by atoms with E-state index in [4.69, 9.17) is 0 Å². The lowest BCUT2D eigenvalue weighted by Crippen LogP contribution is -2.55. The van der Waals surface area contributed by atoms with E-state index in [0.717, 1.165) is 32.2 Å². The van der Waals surface area contributed by atoms with Gasteiger partial charge in [0.05, 0.1) is 12.6 Å². The van der Waals surface area contributed by atoms with Gasteiger partial charge in [-0.3, -0.25) is 9.59 Å². The second-order valence-electron chi connectivity index (χ2n) is 7.33. The molecule has 1 aromatic rings. The summed E-state index contributed by atoms with van der Waals surface area (Å²) in [6.07, 6.45) is 12.7. The molecule has 135 valence electrons. The van der Waals surface area contributed by atoms with Crippen molar-refractivity contribution in [1.29, 1.82) is 0 Å². The number of carbonyl (C=O) groups is 2. The van der Waals surface area contributed by atoms with Crippen LogP contribution in [0.25, 0.3) is 0 Å². The summed E-state index contributed by atoms with van der Waals surface area (Å²) in [7, 11) is 0. The lowest BCUT2D eigenvalue weighted by molar-refractivity contribution is -0.149. The molecule has 0 spiro atoms. The number of fused-ring (bicyclic) bond motifs is 3. The minimum atomic E-state index is 0.0227. The van der Waals surface area contributed by atoms with Gasteiger partial charge in [-0.2, -0.15) is 0 Å². The summed E-state index contributed by atoms with van der Waals surface area (Å²) in [5.41, 5.74) is 2.52. The summed E-state index contributed by atoms with van der Waals surface area (Å²) in [5.74, 6) is 1.53. The highest BCUT2D eigenvalue weighted by atomic mass is 16.2. The molecule has 0 N–H and O–H groups in total. The highest BCUT2D eigenvalue weighted by Crippen LogP contribution is 2.33. The molecule has 4 rings (SSSR count). The van der Waals surface area contributed by atoms with E-state index >= 15 is 0 Å². The predicted molar refractivity (Wildman–Crippen MR) is 100 cm³/mol. The summed E-state index contributed by atoms with van der Waals surface area (Å²) < 4.78 is 0. The molecule has 1 aromatic carbocycles. The molecule has 1 unspecified atom stereocenters. The number of hydrogen-bond donors (Lipinski definition) is 0. The van der Waals surface area contributed by atoms with Crippen LogP contribution in [0.5, 0.6) is 0 Å². The summed E-state index contributed by atoms with van der Waals surface area (Å²) in [5, 5.41) is 0. The Kier molecular flexibility index (Phi) is 5.28. The molecule has 1 atom stereocenters. The first kappa shape index (κ1) is 17.6. The number of nitrogens with zero attached hydrogens (tertiary/aromatic N) is 2. The molecule has 26 heavy (non-hydrogen) atoms. The van der Waals surface area contributed by atoms with Gasteiger partial charge in [0.15, 0.2) is 0 Å². The Morgan fingerprint density at radius 2 is 1.92 bits per heavy atom. The topological polar surface area (TPSA) is 40.6 Å². The van der Waals surface area contributed by atoms with Gasteiger partial charge < -0.3 is 9.80 Å². The third kappa shape index (κ3) is 3.65. The van der Waals surface area contributed by atoms with Crippen LogP contribution >= 0.6 is 0 Å². The molecule has 4 heteroatoms. The van der Waals surface area contributed by atoms with Crippen LogP contribution in [0.1, 0.15) is 42.9 Å². The van der Waals surface area contributed by atoms with Gasteiger partial charge in [-0.1, -0.05) is 30.7 Å². The first-order valence-electron chi connectivity index (χ1n) is 9.58. The number of amides is 2. The molecule has 1 saturated carbocycles. The SMILES string of the molecule is O=C(CCCC[C]1[CH][CH][CH][CH]1)N1CC(=O)N2CCc3ccccc3C2C1.